The first-order valence-corrected chi connectivity index (χ1v) is 7.83. The van der Waals surface area contributed by atoms with Gasteiger partial charge < -0.3 is 10.2 Å². The molecule has 0 saturated carbocycles. The van der Waals surface area contributed by atoms with Gasteiger partial charge >= 0.3 is 5.97 Å². The number of halogens is 3. The zero-order valence-corrected chi connectivity index (χ0v) is 14.3. The van der Waals surface area contributed by atoms with Crippen LogP contribution in [0.4, 0.5) is 4.39 Å². The molecule has 2 N–H and O–H groups in total. The SMILES string of the molecule is Cc1c(C(=O)O)nn(-c2ccc(Cl)c(F)c2Cl)c1-c1ccc(O)cc1. The summed E-state index contributed by atoms with van der Waals surface area (Å²) in [6, 6.07) is 8.88. The normalized spacial score (nSPS) is 10.9. The number of phenols is 1. The van der Waals surface area contributed by atoms with Crippen LogP contribution in [0.3, 0.4) is 0 Å². The smallest absolute Gasteiger partial charge is 0.356 e. The molecular weight excluding hydrogens is 370 g/mol. The maximum absolute atomic E-state index is 14.1. The van der Waals surface area contributed by atoms with Crippen molar-refractivity contribution in [3.05, 3.63) is 63.5 Å². The summed E-state index contributed by atoms with van der Waals surface area (Å²) >= 11 is 11.8. The van der Waals surface area contributed by atoms with Gasteiger partial charge in [0.05, 0.1) is 16.4 Å². The van der Waals surface area contributed by atoms with E-state index >= 15 is 0 Å². The molecule has 0 atom stereocenters. The second-order valence-corrected chi connectivity index (χ2v) is 6.07. The molecule has 0 radical (unpaired) electrons. The van der Waals surface area contributed by atoms with Crippen LogP contribution in [-0.2, 0) is 0 Å². The summed E-state index contributed by atoms with van der Waals surface area (Å²) in [4.78, 5) is 11.5. The molecule has 0 aliphatic heterocycles. The molecule has 0 amide bonds. The van der Waals surface area contributed by atoms with Crippen LogP contribution in [0.15, 0.2) is 36.4 Å². The van der Waals surface area contributed by atoms with Crippen LogP contribution in [0.25, 0.3) is 16.9 Å². The molecule has 0 spiro atoms. The van der Waals surface area contributed by atoms with Gasteiger partial charge in [0, 0.05) is 11.1 Å². The first kappa shape index (κ1) is 17.3. The lowest BCUT2D eigenvalue weighted by molar-refractivity contribution is 0.0689. The van der Waals surface area contributed by atoms with Crippen molar-refractivity contribution in [3.63, 3.8) is 0 Å². The van der Waals surface area contributed by atoms with E-state index in [0.717, 1.165) is 0 Å². The van der Waals surface area contributed by atoms with Gasteiger partial charge in [0.1, 0.15) is 10.8 Å². The van der Waals surface area contributed by atoms with Crippen molar-refractivity contribution in [1.29, 1.82) is 0 Å². The summed E-state index contributed by atoms with van der Waals surface area (Å²) in [5, 5.41) is 22.5. The summed E-state index contributed by atoms with van der Waals surface area (Å²) in [5.74, 6) is -1.98. The van der Waals surface area contributed by atoms with Gasteiger partial charge in [-0.15, -0.1) is 0 Å². The van der Waals surface area contributed by atoms with E-state index in [2.05, 4.69) is 5.10 Å². The second-order valence-electron chi connectivity index (χ2n) is 5.28. The maximum atomic E-state index is 14.1. The fourth-order valence-corrected chi connectivity index (χ4v) is 2.96. The van der Waals surface area contributed by atoms with E-state index in [1.165, 1.54) is 28.9 Å². The maximum Gasteiger partial charge on any atom is 0.356 e. The number of aromatic carboxylic acids is 1. The van der Waals surface area contributed by atoms with Crippen LogP contribution < -0.4 is 0 Å². The molecule has 3 rings (SSSR count). The number of carboxylic acids is 1. The van der Waals surface area contributed by atoms with E-state index in [1.807, 2.05) is 0 Å². The number of carbonyl (C=O) groups is 1. The standard InChI is InChI=1S/C17H11Cl2FN2O3/c1-8-15(17(24)25)21-22(12-7-6-11(18)14(20)13(12)19)16(8)9-2-4-10(23)5-3-9/h2-7,23H,1H3,(H,24,25). The van der Waals surface area contributed by atoms with E-state index in [1.54, 1.807) is 19.1 Å². The molecule has 0 fully saturated rings. The summed E-state index contributed by atoms with van der Waals surface area (Å²) in [7, 11) is 0. The highest BCUT2D eigenvalue weighted by molar-refractivity contribution is 6.36. The Morgan fingerprint density at radius 2 is 1.80 bits per heavy atom. The van der Waals surface area contributed by atoms with Gasteiger partial charge in [-0.3, -0.25) is 0 Å². The highest BCUT2D eigenvalue weighted by Crippen LogP contribution is 2.34. The molecule has 1 heterocycles. The Kier molecular flexibility index (Phi) is 4.41. The lowest BCUT2D eigenvalue weighted by Crippen LogP contribution is -2.04. The number of nitrogens with zero attached hydrogens (tertiary/aromatic N) is 2. The van der Waals surface area contributed by atoms with E-state index in [4.69, 9.17) is 23.2 Å². The summed E-state index contributed by atoms with van der Waals surface area (Å²) in [6.45, 7) is 1.59. The molecule has 0 bridgehead atoms. The minimum Gasteiger partial charge on any atom is -0.508 e. The van der Waals surface area contributed by atoms with Gasteiger partial charge in [-0.2, -0.15) is 5.10 Å². The van der Waals surface area contributed by atoms with Gasteiger partial charge in [0.2, 0.25) is 0 Å². The van der Waals surface area contributed by atoms with Crippen LogP contribution in [0.2, 0.25) is 10.0 Å². The first-order valence-electron chi connectivity index (χ1n) is 7.07. The number of carboxylic acid groups (broad SMARTS) is 1. The third-order valence-corrected chi connectivity index (χ3v) is 4.36. The molecule has 0 aliphatic carbocycles. The zero-order chi connectivity index (χ0) is 18.3. The van der Waals surface area contributed by atoms with E-state index in [0.29, 0.717) is 16.8 Å². The minimum absolute atomic E-state index is 0.0569. The van der Waals surface area contributed by atoms with Gasteiger partial charge in [-0.1, -0.05) is 23.2 Å². The summed E-state index contributed by atoms with van der Waals surface area (Å²) in [5.41, 5.74) is 1.35. The number of aromatic hydroxyl groups is 1. The lowest BCUT2D eigenvalue weighted by atomic mass is 10.1. The number of phenolic OH excluding ortho intramolecular Hbond substituents is 1. The molecule has 1 aromatic heterocycles. The van der Waals surface area contributed by atoms with Crippen LogP contribution in [0, 0.1) is 12.7 Å². The number of aromatic nitrogens is 2. The molecule has 8 heteroatoms. The van der Waals surface area contributed by atoms with Gasteiger partial charge in [0.15, 0.2) is 11.5 Å². The molecule has 25 heavy (non-hydrogen) atoms. The number of hydrogen-bond acceptors (Lipinski definition) is 3. The van der Waals surface area contributed by atoms with Gasteiger partial charge in [-0.05, 0) is 43.3 Å². The van der Waals surface area contributed by atoms with E-state index in [-0.39, 0.29) is 27.2 Å². The molecule has 0 saturated heterocycles. The van der Waals surface area contributed by atoms with Crippen molar-refractivity contribution in [2.24, 2.45) is 0 Å². The summed E-state index contributed by atoms with van der Waals surface area (Å²) < 4.78 is 15.3. The van der Waals surface area contributed by atoms with Crippen molar-refractivity contribution >= 4 is 29.2 Å². The second kappa shape index (κ2) is 6.38. The van der Waals surface area contributed by atoms with Gasteiger partial charge in [0.25, 0.3) is 0 Å². The molecule has 0 unspecified atom stereocenters. The van der Waals surface area contributed by atoms with Crippen molar-refractivity contribution in [2.75, 3.05) is 0 Å². The highest BCUT2D eigenvalue weighted by Gasteiger charge is 2.24. The average molecular weight is 381 g/mol. The van der Waals surface area contributed by atoms with Crippen molar-refractivity contribution < 1.29 is 19.4 Å². The number of benzene rings is 2. The Bertz CT molecular complexity index is 985. The van der Waals surface area contributed by atoms with Crippen LogP contribution >= 0.6 is 23.2 Å². The Labute approximate surface area is 151 Å². The molecule has 3 aromatic rings. The predicted octanol–water partition coefficient (Wildman–Crippen LogP) is 4.70. The number of hydrogen-bond donors (Lipinski definition) is 2. The molecule has 5 nitrogen and oxygen atoms in total. The zero-order valence-electron chi connectivity index (χ0n) is 12.8. The molecule has 128 valence electrons. The Hall–Kier alpha value is -2.57. The van der Waals surface area contributed by atoms with Crippen LogP contribution in [0.5, 0.6) is 5.75 Å². The quantitative estimate of drug-likeness (QED) is 0.645. The Morgan fingerprint density at radius 1 is 1.16 bits per heavy atom. The van der Waals surface area contributed by atoms with Crippen LogP contribution in [-0.4, -0.2) is 26.0 Å². The average Bonchev–Trinajstić information content (AvgIpc) is 2.91. The first-order chi connectivity index (χ1) is 11.8. The van der Waals surface area contributed by atoms with Crippen LogP contribution in [0.1, 0.15) is 16.1 Å². The van der Waals surface area contributed by atoms with E-state index in [9.17, 15) is 19.4 Å². The minimum atomic E-state index is -1.22. The molecule has 2 aromatic carbocycles. The molecule has 0 aliphatic rings. The van der Waals surface area contributed by atoms with E-state index < -0.39 is 11.8 Å². The number of rotatable bonds is 3. The topological polar surface area (TPSA) is 75.3 Å². The largest absolute Gasteiger partial charge is 0.508 e. The van der Waals surface area contributed by atoms with Crippen molar-refractivity contribution in [3.8, 4) is 22.7 Å². The highest BCUT2D eigenvalue weighted by atomic mass is 35.5. The predicted molar refractivity (Wildman–Crippen MR) is 92.3 cm³/mol. The molecular formula is C17H11Cl2FN2O3. The monoisotopic (exact) mass is 380 g/mol. The van der Waals surface area contributed by atoms with Crippen molar-refractivity contribution in [1.82, 2.24) is 9.78 Å². The third kappa shape index (κ3) is 2.94. The van der Waals surface area contributed by atoms with Crippen molar-refractivity contribution in [2.45, 2.75) is 6.92 Å². The Balaban J connectivity index is 2.33. The summed E-state index contributed by atoms with van der Waals surface area (Å²) in [6.07, 6.45) is 0. The third-order valence-electron chi connectivity index (χ3n) is 3.71. The Morgan fingerprint density at radius 3 is 2.40 bits per heavy atom. The fraction of sp³-hybridized carbons (Fsp3) is 0.0588. The fourth-order valence-electron chi connectivity index (χ4n) is 2.51. The lowest BCUT2D eigenvalue weighted by Gasteiger charge is -2.11. The van der Waals surface area contributed by atoms with Gasteiger partial charge in [-0.25, -0.2) is 13.9 Å².